The molecule has 0 radical (unpaired) electrons. The lowest BCUT2D eigenvalue weighted by molar-refractivity contribution is -0.138. The molecule has 12 nitrogen and oxygen atoms in total. The summed E-state index contributed by atoms with van der Waals surface area (Å²) < 4.78 is 96.8. The van der Waals surface area contributed by atoms with Crippen molar-refractivity contribution in [1.82, 2.24) is 19.9 Å². The predicted octanol–water partition coefficient (Wildman–Crippen LogP) is 13.2. The number of fused-ring (bicyclic) bond motifs is 2. The minimum Gasteiger partial charge on any atom is -0.457 e. The lowest BCUT2D eigenvalue weighted by atomic mass is 10.2. The number of rotatable bonds is 8. The predicted molar refractivity (Wildman–Crippen MR) is 232 cm³/mol. The van der Waals surface area contributed by atoms with Gasteiger partial charge in [0.05, 0.1) is 61.0 Å². The summed E-state index contributed by atoms with van der Waals surface area (Å²) in [5, 5.41) is 5.46. The zero-order chi connectivity index (χ0) is 46.0. The zero-order valence-electron chi connectivity index (χ0n) is 33.7. The average Bonchev–Trinajstić information content (AvgIpc) is 3.25. The number of carbonyl (C=O) groups is 2. The van der Waals surface area contributed by atoms with Crippen LogP contribution in [0.5, 0.6) is 23.0 Å². The number of urea groups is 2. The highest BCUT2D eigenvalue weighted by molar-refractivity contribution is 6.31. The van der Waals surface area contributed by atoms with Crippen molar-refractivity contribution in [1.29, 1.82) is 0 Å². The van der Waals surface area contributed by atoms with Crippen molar-refractivity contribution in [2.24, 2.45) is 0 Å². The molecule has 2 aromatic heterocycles. The number of benzene rings is 6. The van der Waals surface area contributed by atoms with Crippen molar-refractivity contribution in [3.8, 4) is 23.0 Å². The van der Waals surface area contributed by atoms with Gasteiger partial charge in [-0.2, -0.15) is 36.4 Å². The Bertz CT molecular complexity index is 3120. The van der Waals surface area contributed by atoms with E-state index < -0.39 is 46.3 Å². The molecule has 0 atom stereocenters. The van der Waals surface area contributed by atoms with E-state index in [2.05, 4.69) is 30.6 Å². The van der Waals surface area contributed by atoms with Crippen LogP contribution >= 0.6 is 11.6 Å². The van der Waals surface area contributed by atoms with Gasteiger partial charge in [0, 0.05) is 48.0 Å². The lowest BCUT2D eigenvalue weighted by Gasteiger charge is -2.35. The summed E-state index contributed by atoms with van der Waals surface area (Å²) in [4.78, 5) is 46.9. The highest BCUT2D eigenvalue weighted by Crippen LogP contribution is 2.39. The van der Waals surface area contributed by atoms with Crippen LogP contribution in [0, 0.1) is 13.8 Å². The first kappa shape index (κ1) is 43.7. The van der Waals surface area contributed by atoms with Gasteiger partial charge in [0.25, 0.3) is 0 Å². The molecule has 0 spiro atoms. The number of aryl methyl sites for hydroxylation is 2. The first-order chi connectivity index (χ1) is 31.0. The minimum atomic E-state index is -5.03. The molecule has 65 heavy (non-hydrogen) atoms. The molecule has 2 heterocycles. The number of aromatic nitrogens is 4. The second kappa shape index (κ2) is 17.6. The summed E-state index contributed by atoms with van der Waals surface area (Å²) in [6, 6.07) is 25.1. The Labute approximate surface area is 370 Å². The van der Waals surface area contributed by atoms with E-state index in [1.807, 2.05) is 0 Å². The summed E-state index contributed by atoms with van der Waals surface area (Å²) in [5.74, 6) is 0.950. The topological polar surface area (TPSA) is 135 Å². The molecule has 8 aromatic rings. The number of nitrogens with zero attached hydrogens (tertiary/aromatic N) is 6. The molecule has 6 aromatic carbocycles. The highest BCUT2D eigenvalue weighted by atomic mass is 35.5. The van der Waals surface area contributed by atoms with Gasteiger partial charge in [0.2, 0.25) is 0 Å². The fraction of sp³-hybridized carbons (Fsp3) is 0.0870. The molecule has 4 amide bonds. The molecular formula is C46H31ClF6N8O4. The molecule has 328 valence electrons. The maximum absolute atomic E-state index is 14.7. The molecule has 0 fully saturated rings. The van der Waals surface area contributed by atoms with Crippen molar-refractivity contribution in [3.63, 3.8) is 0 Å². The largest absolute Gasteiger partial charge is 0.457 e. The number of amides is 4. The third-order valence-electron chi connectivity index (χ3n) is 9.41. The molecule has 0 bridgehead atoms. The Hall–Kier alpha value is -7.99. The van der Waals surface area contributed by atoms with Gasteiger partial charge in [-0.05, 0) is 98.8 Å². The normalized spacial score (nSPS) is 11.6. The Morgan fingerprint density at radius 2 is 1.03 bits per heavy atom. The van der Waals surface area contributed by atoms with E-state index in [0.29, 0.717) is 61.4 Å². The Kier molecular flexibility index (Phi) is 11.8. The van der Waals surface area contributed by atoms with Crippen LogP contribution in [0.2, 0.25) is 5.02 Å². The lowest BCUT2D eigenvalue weighted by Crippen LogP contribution is -2.54. The van der Waals surface area contributed by atoms with Crippen LogP contribution in [-0.4, -0.2) is 32.0 Å². The standard InChI is InChI=1S/C46H31ClF6N8O4/c1-26-24-54-39-16-13-35(22-41(39)56-26)64-33-10-4-8-30(19-33)59-44(63)61(32-12-15-38(47)37(21-32)46(51,52)53)60(43(62)58-29-7-3-6-28(18-29)45(48,49)50)31-9-5-11-34(20-31)65-36-14-17-40-42(23-36)57-27(2)25-55-40/h3-25H,1-2H3,(H,58,62)(H,59,63). The number of alkyl halides is 6. The van der Waals surface area contributed by atoms with Gasteiger partial charge in [-0.25, -0.2) is 19.6 Å². The summed E-state index contributed by atoms with van der Waals surface area (Å²) in [5.41, 5.74) is 0.0969. The van der Waals surface area contributed by atoms with Crippen LogP contribution in [-0.2, 0) is 12.4 Å². The number of halogens is 7. The monoisotopic (exact) mass is 908 g/mol. The average molecular weight is 909 g/mol. The maximum Gasteiger partial charge on any atom is 0.417 e. The second-order valence-electron chi connectivity index (χ2n) is 14.3. The number of hydrazine groups is 1. The van der Waals surface area contributed by atoms with Crippen LogP contribution in [0.1, 0.15) is 22.5 Å². The van der Waals surface area contributed by atoms with E-state index in [1.165, 1.54) is 48.5 Å². The minimum absolute atomic E-state index is 0.0592. The molecule has 0 unspecified atom stereocenters. The molecule has 0 aliphatic carbocycles. The molecule has 0 aliphatic heterocycles. The Morgan fingerprint density at radius 1 is 0.538 bits per heavy atom. The van der Waals surface area contributed by atoms with Crippen molar-refractivity contribution in [2.75, 3.05) is 20.7 Å². The summed E-state index contributed by atoms with van der Waals surface area (Å²) in [7, 11) is 0. The van der Waals surface area contributed by atoms with Gasteiger partial charge >= 0.3 is 24.4 Å². The van der Waals surface area contributed by atoms with Crippen LogP contribution in [0.3, 0.4) is 0 Å². The van der Waals surface area contributed by atoms with Crippen LogP contribution in [0.15, 0.2) is 140 Å². The third kappa shape index (κ3) is 10.1. The summed E-state index contributed by atoms with van der Waals surface area (Å²) in [6.45, 7) is 3.54. The maximum atomic E-state index is 14.7. The SMILES string of the molecule is Cc1cnc2ccc(Oc3cccc(NC(=O)N(c4ccc(Cl)c(C(F)(F)F)c4)N(C(=O)Nc4cccc(C(F)(F)F)c4)c4cccc(Oc5ccc6ncc(C)nc6c5)c4)c3)cc2n1. The molecular weight excluding hydrogens is 878 g/mol. The first-order valence-corrected chi connectivity index (χ1v) is 19.6. The fourth-order valence-corrected chi connectivity index (χ4v) is 6.74. The smallest absolute Gasteiger partial charge is 0.417 e. The number of nitrogens with one attached hydrogen (secondary N) is 2. The molecule has 0 aliphatic rings. The Balaban J connectivity index is 1.21. The molecule has 0 saturated carbocycles. The van der Waals surface area contributed by atoms with E-state index in [1.54, 1.807) is 68.7 Å². The number of ether oxygens (including phenoxy) is 2. The van der Waals surface area contributed by atoms with E-state index in [-0.39, 0.29) is 34.3 Å². The van der Waals surface area contributed by atoms with Gasteiger partial charge in [-0.15, -0.1) is 0 Å². The fourth-order valence-electron chi connectivity index (χ4n) is 6.52. The number of hydrogen-bond acceptors (Lipinski definition) is 8. The Morgan fingerprint density at radius 3 is 1.58 bits per heavy atom. The summed E-state index contributed by atoms with van der Waals surface area (Å²) >= 11 is 6.01. The van der Waals surface area contributed by atoms with Gasteiger partial charge in [0.15, 0.2) is 0 Å². The van der Waals surface area contributed by atoms with Gasteiger partial charge < -0.3 is 20.1 Å². The van der Waals surface area contributed by atoms with Crippen LogP contribution in [0.25, 0.3) is 22.1 Å². The van der Waals surface area contributed by atoms with Gasteiger partial charge in [0.1, 0.15) is 23.0 Å². The van der Waals surface area contributed by atoms with E-state index in [0.717, 1.165) is 24.3 Å². The third-order valence-corrected chi connectivity index (χ3v) is 9.74. The van der Waals surface area contributed by atoms with Crippen molar-refractivity contribution in [2.45, 2.75) is 26.2 Å². The summed E-state index contributed by atoms with van der Waals surface area (Å²) in [6.07, 6.45) is -6.62. The van der Waals surface area contributed by atoms with Crippen molar-refractivity contribution < 1.29 is 45.4 Å². The first-order valence-electron chi connectivity index (χ1n) is 19.3. The number of carbonyl (C=O) groups excluding carboxylic acids is 2. The van der Waals surface area contributed by atoms with Crippen LogP contribution < -0.4 is 30.1 Å². The molecule has 2 N–H and O–H groups in total. The molecule has 19 heteroatoms. The van der Waals surface area contributed by atoms with E-state index in [9.17, 15) is 35.9 Å². The highest BCUT2D eigenvalue weighted by Gasteiger charge is 2.37. The van der Waals surface area contributed by atoms with E-state index in [4.69, 9.17) is 21.1 Å². The van der Waals surface area contributed by atoms with Crippen molar-refractivity contribution in [3.05, 3.63) is 167 Å². The van der Waals surface area contributed by atoms with Gasteiger partial charge in [-0.3, -0.25) is 9.97 Å². The zero-order valence-corrected chi connectivity index (χ0v) is 34.5. The van der Waals surface area contributed by atoms with Crippen LogP contribution in [0.4, 0.5) is 58.7 Å². The van der Waals surface area contributed by atoms with E-state index >= 15 is 0 Å². The molecule has 0 saturated heterocycles. The quantitative estimate of drug-likeness (QED) is 0.114. The number of hydrogen-bond donors (Lipinski definition) is 2. The second-order valence-corrected chi connectivity index (χ2v) is 14.7. The van der Waals surface area contributed by atoms with Gasteiger partial charge in [-0.1, -0.05) is 29.8 Å². The molecule has 8 rings (SSSR count). The van der Waals surface area contributed by atoms with Crippen molar-refractivity contribution >= 4 is 68.5 Å². The number of anilines is 4.